The summed E-state index contributed by atoms with van der Waals surface area (Å²) in [6.07, 6.45) is 0.168. The van der Waals surface area contributed by atoms with E-state index in [1.165, 1.54) is 12.1 Å². The van der Waals surface area contributed by atoms with Gasteiger partial charge in [0.2, 0.25) is 10.0 Å². The van der Waals surface area contributed by atoms with E-state index in [2.05, 4.69) is 4.72 Å². The van der Waals surface area contributed by atoms with E-state index in [0.717, 1.165) is 11.1 Å². The largest absolute Gasteiger partial charge is 0.480 e. The van der Waals surface area contributed by atoms with Crippen molar-refractivity contribution in [1.82, 2.24) is 4.72 Å². The number of hydrogen-bond donors (Lipinski definition) is 2. The Kier molecular flexibility index (Phi) is 3.96. The van der Waals surface area contributed by atoms with Gasteiger partial charge in [0, 0.05) is 17.0 Å². The van der Waals surface area contributed by atoms with E-state index in [1.54, 1.807) is 42.5 Å². The first-order chi connectivity index (χ1) is 14.3. The third kappa shape index (κ3) is 2.70. The fraction of sp³-hybridized carbons (Fsp3) is 0.130. The molecule has 0 aliphatic heterocycles. The first kappa shape index (κ1) is 18.7. The van der Waals surface area contributed by atoms with Crippen LogP contribution in [-0.2, 0) is 14.8 Å². The Morgan fingerprint density at radius 3 is 2.23 bits per heavy atom. The van der Waals surface area contributed by atoms with Gasteiger partial charge in [0.1, 0.15) is 5.54 Å². The van der Waals surface area contributed by atoms with Crippen molar-refractivity contribution in [3.63, 3.8) is 0 Å². The SMILES string of the molecule is O=C1c2ccccc2-c2ccc(S(=O)(=O)NC3(C(=O)O)CC3c3ccccc3)cc21. The molecule has 1 fully saturated rings. The van der Waals surface area contributed by atoms with Crippen molar-refractivity contribution >= 4 is 21.8 Å². The van der Waals surface area contributed by atoms with Gasteiger partial charge in [0.05, 0.1) is 4.90 Å². The summed E-state index contributed by atoms with van der Waals surface area (Å²) in [4.78, 5) is 24.6. The number of rotatable bonds is 5. The number of carbonyl (C=O) groups is 2. The van der Waals surface area contributed by atoms with Crippen LogP contribution in [0.5, 0.6) is 0 Å². The van der Waals surface area contributed by atoms with Crippen LogP contribution in [0.25, 0.3) is 11.1 Å². The molecule has 150 valence electrons. The van der Waals surface area contributed by atoms with Crippen LogP contribution in [0.3, 0.4) is 0 Å². The highest BCUT2D eigenvalue weighted by Gasteiger charge is 2.63. The zero-order valence-corrected chi connectivity index (χ0v) is 16.5. The standard InChI is InChI=1S/C23H17NO5S/c25-21-18-9-5-4-8-16(18)17-11-10-15(12-19(17)21)30(28,29)24-23(22(26)27)13-20(23)14-6-2-1-3-7-14/h1-12,20,24H,13H2,(H,26,27). The zero-order valence-electron chi connectivity index (χ0n) is 15.7. The Balaban J connectivity index is 1.50. The van der Waals surface area contributed by atoms with Gasteiger partial charge in [-0.2, -0.15) is 4.72 Å². The van der Waals surface area contributed by atoms with Gasteiger partial charge in [-0.1, -0.05) is 60.7 Å². The Hall–Kier alpha value is -3.29. The van der Waals surface area contributed by atoms with Gasteiger partial charge < -0.3 is 5.11 Å². The molecular formula is C23H17NO5S. The van der Waals surface area contributed by atoms with Crippen LogP contribution in [0.15, 0.2) is 77.7 Å². The van der Waals surface area contributed by atoms with E-state index in [4.69, 9.17) is 0 Å². The van der Waals surface area contributed by atoms with E-state index in [9.17, 15) is 23.1 Å². The van der Waals surface area contributed by atoms with Crippen molar-refractivity contribution in [2.75, 3.05) is 0 Å². The lowest BCUT2D eigenvalue weighted by Crippen LogP contribution is -2.44. The summed E-state index contributed by atoms with van der Waals surface area (Å²) in [6, 6.07) is 20.4. The molecule has 2 N–H and O–H groups in total. The predicted octanol–water partition coefficient (Wildman–Crippen LogP) is 3.19. The number of hydrogen-bond acceptors (Lipinski definition) is 4. The Labute approximate surface area is 173 Å². The topological polar surface area (TPSA) is 101 Å². The van der Waals surface area contributed by atoms with Gasteiger partial charge >= 0.3 is 5.97 Å². The summed E-state index contributed by atoms with van der Waals surface area (Å²) in [6.45, 7) is 0. The number of carboxylic acids is 1. The summed E-state index contributed by atoms with van der Waals surface area (Å²) in [5.74, 6) is -1.91. The summed E-state index contributed by atoms with van der Waals surface area (Å²) >= 11 is 0. The molecule has 2 aliphatic carbocycles. The van der Waals surface area contributed by atoms with Gasteiger partial charge in [0.25, 0.3) is 0 Å². The second-order valence-electron chi connectivity index (χ2n) is 7.63. The summed E-state index contributed by atoms with van der Waals surface area (Å²) in [5, 5.41) is 9.78. The average Bonchev–Trinajstić information content (AvgIpc) is 3.41. The fourth-order valence-corrected chi connectivity index (χ4v) is 5.65. The summed E-state index contributed by atoms with van der Waals surface area (Å²) in [7, 11) is -4.16. The average molecular weight is 419 g/mol. The van der Waals surface area contributed by atoms with Crippen molar-refractivity contribution in [3.8, 4) is 11.1 Å². The third-order valence-corrected chi connectivity index (χ3v) is 7.38. The highest BCUT2D eigenvalue weighted by Crippen LogP contribution is 2.52. The first-order valence-corrected chi connectivity index (χ1v) is 10.9. The maximum absolute atomic E-state index is 13.1. The molecule has 0 heterocycles. The number of carboxylic acid groups (broad SMARTS) is 1. The lowest BCUT2D eigenvalue weighted by molar-refractivity contribution is -0.140. The zero-order chi connectivity index (χ0) is 21.1. The molecule has 0 radical (unpaired) electrons. The molecule has 2 unspecified atom stereocenters. The van der Waals surface area contributed by atoms with Gasteiger partial charge in [-0.3, -0.25) is 9.59 Å². The summed E-state index contributed by atoms with van der Waals surface area (Å²) < 4.78 is 28.5. The number of carbonyl (C=O) groups excluding carboxylic acids is 1. The van der Waals surface area contributed by atoms with Gasteiger partial charge in [-0.05, 0) is 35.2 Å². The van der Waals surface area contributed by atoms with Crippen molar-refractivity contribution in [2.24, 2.45) is 0 Å². The van der Waals surface area contributed by atoms with Crippen molar-refractivity contribution in [1.29, 1.82) is 0 Å². The first-order valence-electron chi connectivity index (χ1n) is 9.44. The molecule has 1 saturated carbocycles. The molecule has 0 amide bonds. The maximum atomic E-state index is 13.1. The minimum absolute atomic E-state index is 0.123. The second kappa shape index (κ2) is 6.35. The van der Waals surface area contributed by atoms with Crippen LogP contribution in [-0.4, -0.2) is 30.8 Å². The van der Waals surface area contributed by atoms with Crippen LogP contribution < -0.4 is 4.72 Å². The molecule has 2 atom stereocenters. The smallest absolute Gasteiger partial charge is 0.325 e. The number of ketones is 1. The molecule has 0 saturated heterocycles. The number of nitrogens with one attached hydrogen (secondary N) is 1. The molecule has 0 aromatic heterocycles. The highest BCUT2D eigenvalue weighted by atomic mass is 32.2. The van der Waals surface area contributed by atoms with Crippen LogP contribution in [0.1, 0.15) is 33.8 Å². The molecule has 3 aromatic rings. The molecule has 30 heavy (non-hydrogen) atoms. The van der Waals surface area contributed by atoms with Crippen LogP contribution >= 0.6 is 0 Å². The van der Waals surface area contributed by atoms with E-state index in [0.29, 0.717) is 16.7 Å². The molecule has 3 aromatic carbocycles. The molecule has 7 heteroatoms. The Morgan fingerprint density at radius 1 is 0.900 bits per heavy atom. The number of sulfonamides is 1. The third-order valence-electron chi connectivity index (χ3n) is 5.87. The van der Waals surface area contributed by atoms with E-state index in [1.807, 2.05) is 18.2 Å². The highest BCUT2D eigenvalue weighted by molar-refractivity contribution is 7.89. The number of aliphatic carboxylic acids is 1. The second-order valence-corrected chi connectivity index (χ2v) is 9.31. The minimum Gasteiger partial charge on any atom is -0.480 e. The van der Waals surface area contributed by atoms with Gasteiger partial charge in [-0.25, -0.2) is 8.42 Å². The van der Waals surface area contributed by atoms with Crippen LogP contribution in [0, 0.1) is 0 Å². The molecule has 0 bridgehead atoms. The Bertz CT molecular complexity index is 1320. The van der Waals surface area contributed by atoms with E-state index in [-0.39, 0.29) is 17.1 Å². The molecular weight excluding hydrogens is 402 g/mol. The normalized spacial score (nSPS) is 21.7. The minimum atomic E-state index is -4.16. The molecule has 2 aliphatic rings. The summed E-state index contributed by atoms with van der Waals surface area (Å²) in [5.41, 5.74) is 1.45. The van der Waals surface area contributed by atoms with Crippen molar-refractivity contribution in [2.45, 2.75) is 22.8 Å². The Morgan fingerprint density at radius 2 is 1.53 bits per heavy atom. The number of benzene rings is 3. The van der Waals surface area contributed by atoms with Crippen LogP contribution in [0.4, 0.5) is 0 Å². The van der Waals surface area contributed by atoms with Crippen molar-refractivity contribution in [3.05, 3.63) is 89.5 Å². The maximum Gasteiger partial charge on any atom is 0.325 e. The van der Waals surface area contributed by atoms with E-state index < -0.39 is 27.4 Å². The molecule has 6 nitrogen and oxygen atoms in total. The molecule has 0 spiro atoms. The van der Waals surface area contributed by atoms with E-state index >= 15 is 0 Å². The lowest BCUT2D eigenvalue weighted by atomic mass is 10.1. The van der Waals surface area contributed by atoms with Gasteiger partial charge in [0.15, 0.2) is 5.78 Å². The lowest BCUT2D eigenvalue weighted by Gasteiger charge is -2.16. The predicted molar refractivity (Wildman–Crippen MR) is 110 cm³/mol. The quantitative estimate of drug-likeness (QED) is 0.517. The van der Waals surface area contributed by atoms with Crippen LogP contribution in [0.2, 0.25) is 0 Å². The monoisotopic (exact) mass is 419 g/mol. The molecule has 5 rings (SSSR count). The fourth-order valence-electron chi connectivity index (χ4n) is 4.22. The van der Waals surface area contributed by atoms with Gasteiger partial charge in [-0.15, -0.1) is 0 Å². The number of fused-ring (bicyclic) bond motifs is 3. The van der Waals surface area contributed by atoms with Crippen molar-refractivity contribution < 1.29 is 23.1 Å².